The maximum atomic E-state index is 12.2. The normalized spacial score (nSPS) is 10.9. The SMILES string of the molecule is COC(=O)CS(=O)(=O)Nc1nc(Oc2ccccc2)cc(-c2ccccc2)n1. The first-order valence-electron chi connectivity index (χ1n) is 8.20. The Morgan fingerprint density at radius 2 is 1.64 bits per heavy atom. The van der Waals surface area contributed by atoms with Crippen molar-refractivity contribution < 1.29 is 22.7 Å². The van der Waals surface area contributed by atoms with Gasteiger partial charge in [0, 0.05) is 11.6 Å². The van der Waals surface area contributed by atoms with E-state index in [0.717, 1.165) is 12.7 Å². The zero-order valence-electron chi connectivity index (χ0n) is 14.9. The van der Waals surface area contributed by atoms with E-state index >= 15 is 0 Å². The molecule has 0 aliphatic rings. The average Bonchev–Trinajstić information content (AvgIpc) is 2.68. The molecule has 28 heavy (non-hydrogen) atoms. The molecule has 1 N–H and O–H groups in total. The maximum absolute atomic E-state index is 12.2. The lowest BCUT2D eigenvalue weighted by molar-refractivity contribution is -0.137. The maximum Gasteiger partial charge on any atom is 0.322 e. The molecule has 8 nitrogen and oxygen atoms in total. The van der Waals surface area contributed by atoms with E-state index in [1.54, 1.807) is 30.3 Å². The molecule has 9 heteroatoms. The van der Waals surface area contributed by atoms with Crippen molar-refractivity contribution in [1.29, 1.82) is 0 Å². The lowest BCUT2D eigenvalue weighted by Crippen LogP contribution is -2.24. The third-order valence-electron chi connectivity index (χ3n) is 3.52. The van der Waals surface area contributed by atoms with Gasteiger partial charge in [-0.25, -0.2) is 13.4 Å². The molecule has 0 saturated heterocycles. The highest BCUT2D eigenvalue weighted by atomic mass is 32.2. The number of hydrogen-bond acceptors (Lipinski definition) is 7. The highest BCUT2D eigenvalue weighted by Crippen LogP contribution is 2.26. The molecule has 0 aliphatic carbocycles. The topological polar surface area (TPSA) is 107 Å². The van der Waals surface area contributed by atoms with E-state index in [4.69, 9.17) is 4.74 Å². The minimum absolute atomic E-state index is 0.149. The zero-order valence-corrected chi connectivity index (χ0v) is 15.7. The van der Waals surface area contributed by atoms with Gasteiger partial charge in [-0.15, -0.1) is 0 Å². The third kappa shape index (κ3) is 5.27. The highest BCUT2D eigenvalue weighted by molar-refractivity contribution is 7.93. The molecule has 0 unspecified atom stereocenters. The number of benzene rings is 2. The summed E-state index contributed by atoms with van der Waals surface area (Å²) in [7, 11) is -2.93. The summed E-state index contributed by atoms with van der Waals surface area (Å²) in [6.45, 7) is 0. The summed E-state index contributed by atoms with van der Waals surface area (Å²) >= 11 is 0. The van der Waals surface area contributed by atoms with E-state index in [2.05, 4.69) is 19.4 Å². The van der Waals surface area contributed by atoms with Gasteiger partial charge in [0.25, 0.3) is 0 Å². The van der Waals surface area contributed by atoms with E-state index in [-0.39, 0.29) is 11.8 Å². The Kier molecular flexibility index (Phi) is 5.85. The number of methoxy groups -OCH3 is 1. The molecule has 144 valence electrons. The van der Waals surface area contributed by atoms with Gasteiger partial charge in [0.05, 0.1) is 12.8 Å². The van der Waals surface area contributed by atoms with Crippen molar-refractivity contribution in [3.05, 3.63) is 66.7 Å². The smallest absolute Gasteiger partial charge is 0.322 e. The fraction of sp³-hybridized carbons (Fsp3) is 0.105. The predicted octanol–water partition coefficient (Wildman–Crippen LogP) is 2.85. The molecule has 1 aromatic heterocycles. The van der Waals surface area contributed by atoms with Crippen LogP contribution in [-0.2, 0) is 19.6 Å². The van der Waals surface area contributed by atoms with Gasteiger partial charge in [0.1, 0.15) is 5.75 Å². The number of para-hydroxylation sites is 1. The number of carbonyl (C=O) groups is 1. The van der Waals surface area contributed by atoms with Gasteiger partial charge in [-0.3, -0.25) is 9.52 Å². The highest BCUT2D eigenvalue weighted by Gasteiger charge is 2.19. The number of nitrogens with one attached hydrogen (secondary N) is 1. The fourth-order valence-corrected chi connectivity index (χ4v) is 3.15. The molecule has 0 bridgehead atoms. The van der Waals surface area contributed by atoms with Gasteiger partial charge in [-0.2, -0.15) is 4.98 Å². The van der Waals surface area contributed by atoms with E-state index in [9.17, 15) is 13.2 Å². The molecular weight excluding hydrogens is 382 g/mol. The second kappa shape index (κ2) is 8.49. The van der Waals surface area contributed by atoms with Crippen molar-refractivity contribution in [3.63, 3.8) is 0 Å². The molecule has 3 rings (SSSR count). The number of anilines is 1. The summed E-state index contributed by atoms with van der Waals surface area (Å²) in [5.74, 6) is -1.28. The minimum Gasteiger partial charge on any atom is -0.468 e. The first-order chi connectivity index (χ1) is 13.4. The van der Waals surface area contributed by atoms with Crippen LogP contribution >= 0.6 is 0 Å². The first kappa shape index (κ1) is 19.3. The van der Waals surface area contributed by atoms with Crippen LogP contribution in [0, 0.1) is 0 Å². The van der Waals surface area contributed by atoms with E-state index in [1.807, 2.05) is 36.4 Å². The van der Waals surface area contributed by atoms with E-state index in [0.29, 0.717) is 11.4 Å². The number of rotatable bonds is 7. The lowest BCUT2D eigenvalue weighted by Gasteiger charge is -2.11. The van der Waals surface area contributed by atoms with Crippen LogP contribution in [0.2, 0.25) is 0 Å². The van der Waals surface area contributed by atoms with Gasteiger partial charge in [0.2, 0.25) is 21.9 Å². The number of sulfonamides is 1. The molecule has 0 radical (unpaired) electrons. The van der Waals surface area contributed by atoms with Crippen LogP contribution in [0.15, 0.2) is 66.7 Å². The van der Waals surface area contributed by atoms with Crippen molar-refractivity contribution in [1.82, 2.24) is 9.97 Å². The van der Waals surface area contributed by atoms with Crippen LogP contribution in [-0.4, -0.2) is 37.2 Å². The van der Waals surface area contributed by atoms with Crippen molar-refractivity contribution >= 4 is 21.9 Å². The minimum atomic E-state index is -4.04. The van der Waals surface area contributed by atoms with Crippen LogP contribution in [0.25, 0.3) is 11.3 Å². The number of hydrogen-bond donors (Lipinski definition) is 1. The molecule has 1 heterocycles. The van der Waals surface area contributed by atoms with E-state index < -0.39 is 21.7 Å². The Labute approximate surface area is 162 Å². The summed E-state index contributed by atoms with van der Waals surface area (Å²) in [5, 5.41) is 0. The molecule has 0 fully saturated rings. The summed E-state index contributed by atoms with van der Waals surface area (Å²) in [5.41, 5.74) is 1.20. The number of nitrogens with zero attached hydrogens (tertiary/aromatic N) is 2. The Morgan fingerprint density at radius 1 is 1.00 bits per heavy atom. The van der Waals surface area contributed by atoms with Crippen molar-refractivity contribution in [2.75, 3.05) is 17.6 Å². The molecule has 3 aromatic rings. The second-order valence-corrected chi connectivity index (χ2v) is 7.36. The van der Waals surface area contributed by atoms with Crippen LogP contribution in [0.1, 0.15) is 0 Å². The molecule has 0 amide bonds. The Morgan fingerprint density at radius 3 is 2.29 bits per heavy atom. The number of carbonyl (C=O) groups excluding carboxylic acids is 1. The van der Waals surface area contributed by atoms with Gasteiger partial charge in [0.15, 0.2) is 5.75 Å². The van der Waals surface area contributed by atoms with Crippen LogP contribution in [0.4, 0.5) is 5.95 Å². The van der Waals surface area contributed by atoms with Crippen molar-refractivity contribution in [3.8, 4) is 22.9 Å². The molecular formula is C19H17N3O5S. The quantitative estimate of drug-likeness (QED) is 0.609. The fourth-order valence-electron chi connectivity index (χ4n) is 2.28. The lowest BCUT2D eigenvalue weighted by atomic mass is 10.1. The Balaban J connectivity index is 1.96. The van der Waals surface area contributed by atoms with Crippen LogP contribution in [0.3, 0.4) is 0 Å². The van der Waals surface area contributed by atoms with Gasteiger partial charge in [-0.1, -0.05) is 48.5 Å². The van der Waals surface area contributed by atoms with E-state index in [1.165, 1.54) is 0 Å². The van der Waals surface area contributed by atoms with Gasteiger partial charge < -0.3 is 9.47 Å². The van der Waals surface area contributed by atoms with Gasteiger partial charge >= 0.3 is 5.97 Å². The Bertz CT molecular complexity index is 1060. The summed E-state index contributed by atoms with van der Waals surface area (Å²) in [6, 6.07) is 19.7. The van der Waals surface area contributed by atoms with Crippen molar-refractivity contribution in [2.24, 2.45) is 0 Å². The average molecular weight is 399 g/mol. The summed E-state index contributed by atoms with van der Waals surface area (Å²) in [6.07, 6.45) is 0. The molecule has 2 aromatic carbocycles. The zero-order chi connectivity index (χ0) is 20.0. The third-order valence-corrected chi connectivity index (χ3v) is 4.63. The van der Waals surface area contributed by atoms with Crippen LogP contribution in [0.5, 0.6) is 11.6 Å². The largest absolute Gasteiger partial charge is 0.468 e. The second-order valence-electron chi connectivity index (χ2n) is 5.63. The molecule has 0 atom stereocenters. The van der Waals surface area contributed by atoms with Crippen molar-refractivity contribution in [2.45, 2.75) is 0 Å². The van der Waals surface area contributed by atoms with Gasteiger partial charge in [-0.05, 0) is 12.1 Å². The molecule has 0 spiro atoms. The summed E-state index contributed by atoms with van der Waals surface area (Å²) < 4.78 is 36.6. The monoisotopic (exact) mass is 399 g/mol. The molecule has 0 aliphatic heterocycles. The molecule has 0 saturated carbocycles. The Hall–Kier alpha value is -3.46. The predicted molar refractivity (Wildman–Crippen MR) is 103 cm³/mol. The standard InChI is InChI=1S/C19H17N3O5S/c1-26-18(23)13-28(24,25)22-19-20-16(14-8-4-2-5-9-14)12-17(21-19)27-15-10-6-3-7-11-15/h2-12H,13H2,1H3,(H,20,21,22). The summed E-state index contributed by atoms with van der Waals surface area (Å²) in [4.78, 5) is 19.6. The number of aromatic nitrogens is 2. The first-order valence-corrected chi connectivity index (χ1v) is 9.85. The number of ether oxygens (including phenoxy) is 2. The van der Waals surface area contributed by atoms with Crippen LogP contribution < -0.4 is 9.46 Å². The number of esters is 1.